The van der Waals surface area contributed by atoms with Gasteiger partial charge in [0.25, 0.3) is 11.8 Å². The molecule has 0 N–H and O–H groups in total. The van der Waals surface area contributed by atoms with Crippen molar-refractivity contribution in [2.45, 2.75) is 52.4 Å². The number of ether oxygens (including phenoxy) is 1. The summed E-state index contributed by atoms with van der Waals surface area (Å²) >= 11 is 6.69. The minimum Gasteiger partial charge on any atom is -0.427 e. The molecule has 4 aromatic carbocycles. The van der Waals surface area contributed by atoms with Crippen molar-refractivity contribution in [2.75, 3.05) is 18.5 Å². The third-order valence-electron chi connectivity index (χ3n) is 10.8. The summed E-state index contributed by atoms with van der Waals surface area (Å²) in [4.78, 5) is 47.6. The monoisotopic (exact) mass is 739 g/mol. The number of benzene rings is 4. The van der Waals surface area contributed by atoms with Gasteiger partial charge in [-0.1, -0.05) is 42.8 Å². The number of rotatable bonds is 7. The van der Waals surface area contributed by atoms with Crippen molar-refractivity contribution in [3.8, 4) is 17.0 Å². The van der Waals surface area contributed by atoms with Crippen LogP contribution in [-0.2, 0) is 37.9 Å². The van der Waals surface area contributed by atoms with Gasteiger partial charge in [0.2, 0.25) is 0 Å². The number of carbonyl (C=O) groups excluding carboxylic acids is 3. The van der Waals surface area contributed by atoms with E-state index >= 15 is 4.79 Å². The topological polar surface area (TPSA) is 80.0 Å². The van der Waals surface area contributed by atoms with E-state index in [1.165, 1.54) is 5.56 Å². The van der Waals surface area contributed by atoms with Gasteiger partial charge in [0.1, 0.15) is 5.75 Å². The Morgan fingerprint density at radius 2 is 1.59 bits per heavy atom. The minimum atomic E-state index is -0.333. The highest BCUT2D eigenvalue weighted by atomic mass is 35.5. The van der Waals surface area contributed by atoms with Crippen LogP contribution in [0.2, 0.25) is 5.02 Å². The molecule has 0 aliphatic carbocycles. The summed E-state index contributed by atoms with van der Waals surface area (Å²) in [5.41, 5.74) is 8.20. The van der Waals surface area contributed by atoms with Crippen molar-refractivity contribution in [3.05, 3.63) is 136 Å². The van der Waals surface area contributed by atoms with E-state index < -0.39 is 0 Å². The number of esters is 1. The molecule has 4 heterocycles. The Kier molecular flexibility index (Phi) is 9.37. The van der Waals surface area contributed by atoms with Crippen LogP contribution in [0.15, 0.2) is 103 Å². The lowest BCUT2D eigenvalue weighted by molar-refractivity contribution is -0.134. The molecule has 0 radical (unpaired) electrons. The van der Waals surface area contributed by atoms with Gasteiger partial charge in [-0.15, -0.1) is 0 Å². The number of hydrogen-bond donors (Lipinski definition) is 0. The number of anilines is 2. The van der Waals surface area contributed by atoms with Gasteiger partial charge in [-0.05, 0) is 104 Å². The number of amides is 2. The summed E-state index contributed by atoms with van der Waals surface area (Å²) in [5, 5.41) is 1.51. The molecular formula is C44H42ClN5O4. The number of likely N-dealkylation sites (N-methyl/N-ethyl adjacent to an activating group) is 1. The fourth-order valence-corrected chi connectivity index (χ4v) is 8.00. The summed E-state index contributed by atoms with van der Waals surface area (Å²) in [6.45, 7) is 6.32. The smallest absolute Gasteiger partial charge is 0.310 e. The molecule has 0 fully saturated rings. The molecule has 2 amide bonds. The Hall–Kier alpha value is -5.64. The molecule has 2 aromatic heterocycles. The molecule has 10 heteroatoms. The van der Waals surface area contributed by atoms with Crippen molar-refractivity contribution in [3.63, 3.8) is 0 Å². The highest BCUT2D eigenvalue weighted by molar-refractivity contribution is 6.31. The normalized spacial score (nSPS) is 15.5. The summed E-state index contributed by atoms with van der Waals surface area (Å²) in [5.74, 6) is -0.209. The maximum Gasteiger partial charge on any atom is 0.310 e. The van der Waals surface area contributed by atoms with Gasteiger partial charge in [-0.3, -0.25) is 24.2 Å². The number of fused-ring (bicyclic) bond motifs is 3. The summed E-state index contributed by atoms with van der Waals surface area (Å²) < 4.78 is 9.68. The van der Waals surface area contributed by atoms with Crippen LogP contribution >= 0.6 is 11.6 Å². The minimum absolute atomic E-state index is 0.00957. The van der Waals surface area contributed by atoms with Crippen molar-refractivity contribution in [2.24, 2.45) is 7.05 Å². The van der Waals surface area contributed by atoms with Crippen LogP contribution in [0.1, 0.15) is 57.8 Å². The van der Waals surface area contributed by atoms with Crippen LogP contribution in [0.3, 0.4) is 0 Å². The second-order valence-corrected chi connectivity index (χ2v) is 14.8. The molecule has 0 bridgehead atoms. The van der Waals surface area contributed by atoms with E-state index in [9.17, 15) is 9.59 Å². The van der Waals surface area contributed by atoms with Gasteiger partial charge >= 0.3 is 5.97 Å². The summed E-state index contributed by atoms with van der Waals surface area (Å²) in [6.07, 6.45) is 3.03. The highest BCUT2D eigenvalue weighted by Crippen LogP contribution is 2.38. The molecule has 274 valence electrons. The molecule has 0 saturated carbocycles. The number of nitrogens with zero attached hydrogens (tertiary/aromatic N) is 5. The third kappa shape index (κ3) is 6.48. The molecular weight excluding hydrogens is 698 g/mol. The van der Waals surface area contributed by atoms with Crippen LogP contribution < -0.4 is 9.64 Å². The lowest BCUT2D eigenvalue weighted by Crippen LogP contribution is -2.42. The predicted molar refractivity (Wildman–Crippen MR) is 212 cm³/mol. The molecule has 0 unspecified atom stereocenters. The Labute approximate surface area is 319 Å². The molecule has 2 aliphatic heterocycles. The Morgan fingerprint density at radius 3 is 2.37 bits per heavy atom. The number of halogens is 1. The zero-order valence-corrected chi connectivity index (χ0v) is 31.6. The zero-order valence-electron chi connectivity index (χ0n) is 30.9. The molecule has 2 aliphatic rings. The number of hydrogen-bond acceptors (Lipinski definition) is 5. The lowest BCUT2D eigenvalue weighted by atomic mass is 9.93. The third-order valence-corrected chi connectivity index (χ3v) is 11.0. The Morgan fingerprint density at radius 1 is 0.833 bits per heavy atom. The van der Waals surface area contributed by atoms with E-state index in [0.717, 1.165) is 40.8 Å². The largest absolute Gasteiger partial charge is 0.427 e. The highest BCUT2D eigenvalue weighted by Gasteiger charge is 2.33. The zero-order chi connectivity index (χ0) is 37.7. The quantitative estimate of drug-likeness (QED) is 0.121. The van der Waals surface area contributed by atoms with Crippen LogP contribution in [0.4, 0.5) is 11.4 Å². The fourth-order valence-electron chi connectivity index (χ4n) is 7.83. The van der Waals surface area contributed by atoms with Crippen molar-refractivity contribution >= 4 is 51.7 Å². The van der Waals surface area contributed by atoms with Gasteiger partial charge in [-0.2, -0.15) is 0 Å². The maximum atomic E-state index is 15.2. The summed E-state index contributed by atoms with van der Waals surface area (Å²) in [6, 6.07) is 30.7. The molecule has 8 rings (SSSR count). The average molecular weight is 740 g/mol. The maximum absolute atomic E-state index is 15.2. The second kappa shape index (κ2) is 14.3. The first-order chi connectivity index (χ1) is 26.1. The van der Waals surface area contributed by atoms with E-state index in [1.54, 1.807) is 42.2 Å². The molecule has 9 nitrogen and oxygen atoms in total. The standard InChI is InChI=1S/C44H42ClN5O4/c1-5-42(51)54-35-14-11-33(12-15-35)50(34-13-17-39-30(23-34)18-19-47(39)4)44(53)38-25-40(48-21-20-46(3)27-41(38)48)37-24-32(45)10-16-36(37)43(52)49-26-31-9-7-6-8-29(31)22-28(49)2/h6-19,23-25,28H,5,20-22,26-27H2,1-4H3/t28-/m1/s1. The van der Waals surface area contributed by atoms with Gasteiger partial charge in [0.15, 0.2) is 0 Å². The SMILES string of the molecule is CCC(=O)Oc1ccc(N(C(=O)c2cc(-c3cc(Cl)ccc3C(=O)N3Cc4ccccc4C[C@H]3C)n3c2CN(C)CC3)c2ccc3c(ccn3C)c2)cc1. The molecule has 54 heavy (non-hydrogen) atoms. The van der Waals surface area contributed by atoms with E-state index in [1.807, 2.05) is 84.4 Å². The fraction of sp³-hybridized carbons (Fsp3) is 0.250. The van der Waals surface area contributed by atoms with Crippen LogP contribution in [0, 0.1) is 0 Å². The first kappa shape index (κ1) is 35.4. The molecule has 1 atom stereocenters. The Bertz CT molecular complexity index is 2430. The van der Waals surface area contributed by atoms with Crippen molar-refractivity contribution < 1.29 is 19.1 Å². The van der Waals surface area contributed by atoms with Crippen LogP contribution in [-0.4, -0.2) is 56.4 Å². The average Bonchev–Trinajstić information content (AvgIpc) is 3.74. The first-order valence-corrected chi connectivity index (χ1v) is 18.8. The number of aryl methyl sites for hydroxylation is 1. The van der Waals surface area contributed by atoms with E-state index in [-0.39, 0.29) is 30.2 Å². The van der Waals surface area contributed by atoms with Gasteiger partial charge in [-0.25, -0.2) is 0 Å². The second-order valence-electron chi connectivity index (χ2n) is 14.4. The number of aromatic nitrogens is 2. The summed E-state index contributed by atoms with van der Waals surface area (Å²) in [7, 11) is 4.04. The lowest BCUT2D eigenvalue weighted by Gasteiger charge is -2.35. The van der Waals surface area contributed by atoms with Crippen LogP contribution in [0.5, 0.6) is 5.75 Å². The van der Waals surface area contributed by atoms with Crippen molar-refractivity contribution in [1.82, 2.24) is 18.9 Å². The Balaban J connectivity index is 1.24. The van der Waals surface area contributed by atoms with E-state index in [4.69, 9.17) is 16.3 Å². The van der Waals surface area contributed by atoms with Gasteiger partial charge in [0, 0.05) is 102 Å². The molecule has 0 spiro atoms. The van der Waals surface area contributed by atoms with E-state index in [2.05, 4.69) is 28.5 Å². The van der Waals surface area contributed by atoms with Crippen molar-refractivity contribution in [1.29, 1.82) is 0 Å². The number of carbonyl (C=O) groups is 3. The molecule has 0 saturated heterocycles. The van der Waals surface area contributed by atoms with Gasteiger partial charge < -0.3 is 18.8 Å². The molecule has 6 aromatic rings. The van der Waals surface area contributed by atoms with Gasteiger partial charge in [0.05, 0.1) is 5.56 Å². The van der Waals surface area contributed by atoms with E-state index in [0.29, 0.717) is 58.5 Å². The first-order valence-electron chi connectivity index (χ1n) is 18.4. The predicted octanol–water partition coefficient (Wildman–Crippen LogP) is 8.63. The van der Waals surface area contributed by atoms with Crippen LogP contribution in [0.25, 0.3) is 22.2 Å².